The van der Waals surface area contributed by atoms with E-state index in [-0.39, 0.29) is 0 Å². The Morgan fingerprint density at radius 2 is 0.521 bits per heavy atom. The second-order valence-electron chi connectivity index (χ2n) is 30.2. The molecule has 1 aliphatic carbocycles. The minimum Gasteiger partial charge on any atom is -0.381 e. The van der Waals surface area contributed by atoms with Crippen molar-refractivity contribution in [2.75, 3.05) is 119 Å². The van der Waals surface area contributed by atoms with E-state index in [9.17, 15) is 0 Å². The number of nitrogens with zero attached hydrogens (tertiary/aromatic N) is 6. The summed E-state index contributed by atoms with van der Waals surface area (Å²) >= 11 is 0. The van der Waals surface area contributed by atoms with Crippen LogP contribution in [0.15, 0.2) is 0 Å². The number of hydrogen-bond donors (Lipinski definition) is 0. The molecule has 426 valence electrons. The Morgan fingerprint density at radius 3 is 0.817 bits per heavy atom. The van der Waals surface area contributed by atoms with Gasteiger partial charge in [0.15, 0.2) is 0 Å². The van der Waals surface area contributed by atoms with Gasteiger partial charge in [0.05, 0.1) is 13.2 Å². The third-order valence-corrected chi connectivity index (χ3v) is 17.0. The van der Waals surface area contributed by atoms with Crippen LogP contribution in [0.4, 0.5) is 0 Å². The van der Waals surface area contributed by atoms with Crippen LogP contribution < -0.4 is 0 Å². The molecule has 0 amide bonds. The van der Waals surface area contributed by atoms with E-state index >= 15 is 0 Å². The van der Waals surface area contributed by atoms with Crippen LogP contribution in [0.2, 0.25) is 0 Å². The van der Waals surface area contributed by atoms with Crippen molar-refractivity contribution in [2.45, 2.75) is 257 Å². The number of morpholine rings is 1. The number of piperazine rings is 1. The molecule has 0 N–H and O–H groups in total. The summed E-state index contributed by atoms with van der Waals surface area (Å²) in [5.41, 5.74) is 3.09. The molecule has 7 rings (SSSR count). The van der Waals surface area contributed by atoms with Crippen molar-refractivity contribution in [1.29, 1.82) is 0 Å². The molecule has 0 aromatic carbocycles. The van der Waals surface area contributed by atoms with E-state index in [1.54, 1.807) is 0 Å². The number of piperidine rings is 2. The summed E-state index contributed by atoms with van der Waals surface area (Å²) < 4.78 is 10.5. The smallest absolute Gasteiger partial charge is 0.0594 e. The minimum atomic E-state index is 0.323. The summed E-state index contributed by atoms with van der Waals surface area (Å²) in [6.45, 7) is 67.2. The van der Waals surface area contributed by atoms with Crippen LogP contribution in [0.25, 0.3) is 0 Å². The molecular weight excluding hydrogens is 873 g/mol. The van der Waals surface area contributed by atoms with Crippen LogP contribution in [-0.2, 0) is 9.47 Å². The van der Waals surface area contributed by atoms with E-state index < -0.39 is 0 Å². The molecule has 1 saturated carbocycles. The third kappa shape index (κ3) is 31.5. The first-order valence-corrected chi connectivity index (χ1v) is 30.1. The molecule has 71 heavy (non-hydrogen) atoms. The number of likely N-dealkylation sites (N-methyl/N-ethyl adjacent to an activating group) is 1. The molecule has 8 heteroatoms. The summed E-state index contributed by atoms with van der Waals surface area (Å²) in [7, 11) is 4.42. The van der Waals surface area contributed by atoms with Crippen molar-refractivity contribution in [3.8, 4) is 0 Å². The highest BCUT2D eigenvalue weighted by molar-refractivity contribution is 4.83. The Labute approximate surface area is 447 Å². The van der Waals surface area contributed by atoms with Crippen molar-refractivity contribution >= 4 is 0 Å². The molecule has 6 aliphatic heterocycles. The molecule has 0 spiro atoms. The molecule has 0 atom stereocenters. The molecule has 6 heterocycles. The van der Waals surface area contributed by atoms with Crippen LogP contribution >= 0.6 is 0 Å². The Morgan fingerprint density at radius 1 is 0.254 bits per heavy atom. The van der Waals surface area contributed by atoms with Gasteiger partial charge in [0.25, 0.3) is 0 Å². The van der Waals surface area contributed by atoms with Crippen LogP contribution in [0.3, 0.4) is 0 Å². The Balaban J connectivity index is 0.000000414. The molecular formula is C63H132N6O2. The van der Waals surface area contributed by atoms with Gasteiger partial charge in [-0.1, -0.05) is 88.0 Å². The molecule has 0 unspecified atom stereocenters. The topological polar surface area (TPSA) is 37.9 Å². The average molecular weight is 1010 g/mol. The predicted molar refractivity (Wildman–Crippen MR) is 315 cm³/mol. The molecule has 0 radical (unpaired) electrons. The van der Waals surface area contributed by atoms with Crippen molar-refractivity contribution in [3.63, 3.8) is 0 Å². The van der Waals surface area contributed by atoms with Crippen LogP contribution in [0, 0.1) is 34.0 Å². The third-order valence-electron chi connectivity index (χ3n) is 17.0. The van der Waals surface area contributed by atoms with Gasteiger partial charge in [-0.25, -0.2) is 0 Å². The van der Waals surface area contributed by atoms with Gasteiger partial charge < -0.3 is 19.3 Å². The Bertz CT molecular complexity index is 1130. The highest BCUT2D eigenvalue weighted by atomic mass is 16.5. The summed E-state index contributed by atoms with van der Waals surface area (Å²) in [6.07, 6.45) is 19.7. The molecule has 7 fully saturated rings. The molecule has 8 nitrogen and oxygen atoms in total. The highest BCUT2D eigenvalue weighted by Gasteiger charge is 2.30. The summed E-state index contributed by atoms with van der Waals surface area (Å²) in [5.74, 6) is 2.82. The van der Waals surface area contributed by atoms with Gasteiger partial charge in [-0.3, -0.25) is 19.6 Å². The van der Waals surface area contributed by atoms with Crippen LogP contribution in [0.1, 0.15) is 235 Å². The largest absolute Gasteiger partial charge is 0.381 e. The number of ether oxygens (including phenoxy) is 2. The van der Waals surface area contributed by atoms with Gasteiger partial charge in [0.1, 0.15) is 0 Å². The van der Waals surface area contributed by atoms with Crippen molar-refractivity contribution in [3.05, 3.63) is 0 Å². The van der Waals surface area contributed by atoms with Crippen LogP contribution in [0.5, 0.6) is 0 Å². The zero-order valence-corrected chi connectivity index (χ0v) is 52.9. The fourth-order valence-corrected chi connectivity index (χ4v) is 11.1. The molecule has 7 aliphatic rings. The first-order chi connectivity index (χ1) is 32.5. The number of rotatable bonds is 0. The van der Waals surface area contributed by atoms with Gasteiger partial charge in [-0.05, 0) is 235 Å². The average Bonchev–Trinajstić information content (AvgIpc) is 3.85. The SMILES string of the molecule is CC(C)(C)C1CCCCC1.CC(C)(C)C1CCOCC1.CC(C)(C)N1CCCC1.CC(C)(C)N1CCCCC1.CC(C)(C)N1CCOCC1.CN1CCC(C(C)(C)C)CC1.CN1CCN(C(C)(C)C)CC1. The second-order valence-corrected chi connectivity index (χ2v) is 30.2. The molecule has 0 aromatic rings. The lowest BCUT2D eigenvalue weighted by molar-refractivity contribution is -0.00389. The molecule has 0 bridgehead atoms. The zero-order valence-electron chi connectivity index (χ0n) is 52.9. The monoisotopic (exact) mass is 1010 g/mol. The maximum atomic E-state index is 5.29. The predicted octanol–water partition coefficient (Wildman–Crippen LogP) is 14.7. The number of hydrogen-bond acceptors (Lipinski definition) is 8. The summed E-state index contributed by atoms with van der Waals surface area (Å²) in [4.78, 5) is 15.0. The zero-order chi connectivity index (χ0) is 54.3. The lowest BCUT2D eigenvalue weighted by Crippen LogP contribution is -2.52. The summed E-state index contributed by atoms with van der Waals surface area (Å²) in [5, 5.41) is 0. The van der Waals surface area contributed by atoms with Gasteiger partial charge in [0, 0.05) is 74.6 Å². The Hall–Kier alpha value is -0.320. The van der Waals surface area contributed by atoms with Gasteiger partial charge in [-0.15, -0.1) is 0 Å². The van der Waals surface area contributed by atoms with E-state index in [0.29, 0.717) is 38.4 Å². The first kappa shape index (κ1) is 68.7. The van der Waals surface area contributed by atoms with E-state index in [1.807, 2.05) is 0 Å². The maximum absolute atomic E-state index is 5.29. The quantitative estimate of drug-likeness (QED) is 0.238. The number of likely N-dealkylation sites (tertiary alicyclic amines) is 3. The Kier molecular flexibility index (Phi) is 31.4. The highest BCUT2D eigenvalue weighted by Crippen LogP contribution is 2.38. The first-order valence-electron chi connectivity index (χ1n) is 30.1. The fraction of sp³-hybridized carbons (Fsp3) is 1.00. The second kappa shape index (κ2) is 32.4. The normalized spacial score (nSPS) is 23.4. The lowest BCUT2D eigenvalue weighted by Gasteiger charge is -2.41. The molecule has 0 aromatic heterocycles. The fourth-order valence-electron chi connectivity index (χ4n) is 11.1. The van der Waals surface area contributed by atoms with Crippen molar-refractivity contribution in [1.82, 2.24) is 29.4 Å². The van der Waals surface area contributed by atoms with Crippen molar-refractivity contribution < 1.29 is 9.47 Å². The summed E-state index contributed by atoms with van der Waals surface area (Å²) in [6, 6.07) is 0. The van der Waals surface area contributed by atoms with Gasteiger partial charge in [0.2, 0.25) is 0 Å². The van der Waals surface area contributed by atoms with E-state index in [1.165, 1.54) is 155 Å². The standard InChI is InChI=1S/C10H21N.C10H20.C9H20N2.C9H19N.C9H18O.C8H17NO.C8H17N/c1-10(2,3)9-5-7-11(4)8-6-9;1-10(2,3)9-7-5-4-6-8-9;1-9(2,3)11-7-5-10(4)6-8-11;1-9(2,3)10-7-5-4-6-8-10;1-9(2,3)8-4-6-10-7-5-8;1-8(2,3)9-4-6-10-7-5-9;1-8(2,3)9-6-4-5-7-9/h9H,5-8H2,1-4H3;9H,4-8H2,1-3H3;5-8H2,1-4H3;4-8H2,1-3H3;8H,4-7H2,1-3H3;4-7H2,1-3H3;4-7H2,1-3H3. The van der Waals surface area contributed by atoms with Gasteiger partial charge >= 0.3 is 0 Å². The van der Waals surface area contributed by atoms with E-state index in [4.69, 9.17) is 9.47 Å². The molecule has 6 saturated heterocycles. The van der Waals surface area contributed by atoms with E-state index in [2.05, 4.69) is 189 Å². The minimum absolute atomic E-state index is 0.323. The van der Waals surface area contributed by atoms with Gasteiger partial charge in [-0.2, -0.15) is 0 Å². The maximum Gasteiger partial charge on any atom is 0.0594 e. The van der Waals surface area contributed by atoms with E-state index in [0.717, 1.165) is 57.3 Å². The van der Waals surface area contributed by atoms with Crippen LogP contribution in [-0.4, -0.2) is 171 Å². The lowest BCUT2D eigenvalue weighted by atomic mass is 9.72. The van der Waals surface area contributed by atoms with Crippen molar-refractivity contribution in [2.24, 2.45) is 34.0 Å².